The third kappa shape index (κ3) is 9.65. The van der Waals surface area contributed by atoms with E-state index in [0.29, 0.717) is 32.3 Å². The molecule has 120 valence electrons. The highest BCUT2D eigenvalue weighted by molar-refractivity contribution is 14.0. The fourth-order valence-electron chi connectivity index (χ4n) is 1.68. The van der Waals surface area contributed by atoms with E-state index in [-0.39, 0.29) is 30.1 Å². The van der Waals surface area contributed by atoms with E-state index < -0.39 is 13.0 Å². The summed E-state index contributed by atoms with van der Waals surface area (Å²) in [6, 6.07) is 0. The summed E-state index contributed by atoms with van der Waals surface area (Å²) >= 11 is 0. The average molecular weight is 407 g/mol. The average Bonchev–Trinajstić information content (AvgIpc) is 2.88. The van der Waals surface area contributed by atoms with Crippen LogP contribution in [0.15, 0.2) is 4.99 Å². The summed E-state index contributed by atoms with van der Waals surface area (Å²) in [6.07, 6.45) is -0.455. The summed E-state index contributed by atoms with van der Waals surface area (Å²) in [5.41, 5.74) is 0. The maximum Gasteiger partial charge on any atom is 0.257 e. The highest BCUT2D eigenvalue weighted by Crippen LogP contribution is 2.07. The maximum atomic E-state index is 12.1. The number of alkyl halides is 2. The van der Waals surface area contributed by atoms with Crippen LogP contribution in [0.2, 0.25) is 0 Å². The zero-order valence-corrected chi connectivity index (χ0v) is 14.1. The molecule has 0 aromatic carbocycles. The largest absolute Gasteiger partial charge is 0.379 e. The van der Waals surface area contributed by atoms with Crippen molar-refractivity contribution in [3.8, 4) is 0 Å². The Balaban J connectivity index is 0.00000361. The van der Waals surface area contributed by atoms with Crippen molar-refractivity contribution in [2.24, 2.45) is 4.99 Å². The Morgan fingerprint density at radius 2 is 2.25 bits per heavy atom. The lowest BCUT2D eigenvalue weighted by Gasteiger charge is -2.12. The second kappa shape index (κ2) is 12.5. The molecule has 2 N–H and O–H groups in total. The van der Waals surface area contributed by atoms with Gasteiger partial charge >= 0.3 is 0 Å². The number of nitrogens with one attached hydrogen (secondary N) is 2. The minimum absolute atomic E-state index is 0. The molecule has 0 aliphatic carbocycles. The maximum absolute atomic E-state index is 12.1. The first-order chi connectivity index (χ1) is 9.22. The van der Waals surface area contributed by atoms with Gasteiger partial charge in [-0.1, -0.05) is 0 Å². The summed E-state index contributed by atoms with van der Waals surface area (Å²) in [5.74, 6) is 0.423. The lowest BCUT2D eigenvalue weighted by Crippen LogP contribution is -2.38. The van der Waals surface area contributed by atoms with Crippen molar-refractivity contribution in [2.45, 2.75) is 32.3 Å². The Kier molecular flexibility index (Phi) is 12.4. The van der Waals surface area contributed by atoms with Crippen LogP contribution in [0, 0.1) is 0 Å². The van der Waals surface area contributed by atoms with Crippen molar-refractivity contribution in [2.75, 3.05) is 39.5 Å². The molecular formula is C12H24F2IN3O2. The lowest BCUT2D eigenvalue weighted by atomic mass is 10.3. The molecule has 20 heavy (non-hydrogen) atoms. The predicted octanol–water partition coefficient (Wildman–Crippen LogP) is 1.62. The van der Waals surface area contributed by atoms with Crippen molar-refractivity contribution in [3.05, 3.63) is 0 Å². The monoisotopic (exact) mass is 407 g/mol. The Labute approximate surface area is 135 Å². The third-order valence-corrected chi connectivity index (χ3v) is 2.59. The third-order valence-electron chi connectivity index (χ3n) is 2.59. The van der Waals surface area contributed by atoms with E-state index >= 15 is 0 Å². The molecule has 1 atom stereocenters. The van der Waals surface area contributed by atoms with E-state index in [0.717, 1.165) is 19.4 Å². The topological polar surface area (TPSA) is 54.9 Å². The number of halogens is 3. The summed E-state index contributed by atoms with van der Waals surface area (Å²) in [7, 11) is 0. The molecule has 0 aromatic heterocycles. The molecular weight excluding hydrogens is 383 g/mol. The normalized spacial score (nSPS) is 19.0. The molecule has 1 fully saturated rings. The first kappa shape index (κ1) is 19.8. The van der Waals surface area contributed by atoms with Crippen LogP contribution >= 0.6 is 24.0 Å². The van der Waals surface area contributed by atoms with Crippen molar-refractivity contribution in [3.63, 3.8) is 0 Å². The van der Waals surface area contributed by atoms with Gasteiger partial charge in [-0.15, -0.1) is 24.0 Å². The molecule has 0 bridgehead atoms. The van der Waals surface area contributed by atoms with Gasteiger partial charge in [0.2, 0.25) is 0 Å². The Hall–Kier alpha value is -0.220. The van der Waals surface area contributed by atoms with Crippen LogP contribution in [0.4, 0.5) is 8.78 Å². The summed E-state index contributed by atoms with van der Waals surface area (Å²) in [4.78, 5) is 3.77. The van der Waals surface area contributed by atoms with E-state index in [2.05, 4.69) is 15.6 Å². The van der Waals surface area contributed by atoms with E-state index in [1.807, 2.05) is 6.92 Å². The zero-order valence-electron chi connectivity index (χ0n) is 11.7. The minimum atomic E-state index is -2.42. The molecule has 0 amide bonds. The molecule has 1 unspecified atom stereocenters. The first-order valence-corrected chi connectivity index (χ1v) is 6.72. The van der Waals surface area contributed by atoms with Gasteiger partial charge in [-0.25, -0.2) is 13.8 Å². The van der Waals surface area contributed by atoms with Crippen LogP contribution in [0.3, 0.4) is 0 Å². The summed E-state index contributed by atoms with van der Waals surface area (Å²) < 4.78 is 34.9. The molecule has 0 spiro atoms. The van der Waals surface area contributed by atoms with Crippen LogP contribution in [-0.2, 0) is 9.47 Å². The SMILES string of the molecule is CCNC(=NCC(F)F)NCCCOC1CCOC1.I. The first-order valence-electron chi connectivity index (χ1n) is 6.72. The second-order valence-corrected chi connectivity index (χ2v) is 4.25. The van der Waals surface area contributed by atoms with Gasteiger partial charge in [0.1, 0.15) is 6.54 Å². The number of guanidine groups is 1. The van der Waals surface area contributed by atoms with Crippen molar-refractivity contribution in [1.82, 2.24) is 10.6 Å². The highest BCUT2D eigenvalue weighted by atomic mass is 127. The van der Waals surface area contributed by atoms with Crippen molar-refractivity contribution < 1.29 is 18.3 Å². The van der Waals surface area contributed by atoms with E-state index in [1.54, 1.807) is 0 Å². The number of nitrogens with zero attached hydrogens (tertiary/aromatic N) is 1. The Morgan fingerprint density at radius 1 is 1.45 bits per heavy atom. The molecule has 1 saturated heterocycles. The number of hydrogen-bond donors (Lipinski definition) is 2. The molecule has 8 heteroatoms. The number of rotatable bonds is 8. The Morgan fingerprint density at radius 3 is 2.85 bits per heavy atom. The van der Waals surface area contributed by atoms with Crippen LogP contribution in [-0.4, -0.2) is 57.9 Å². The Bertz CT molecular complexity index is 265. The predicted molar refractivity (Wildman–Crippen MR) is 85.2 cm³/mol. The van der Waals surface area contributed by atoms with Gasteiger partial charge in [0.25, 0.3) is 6.43 Å². The van der Waals surface area contributed by atoms with Crippen LogP contribution in [0.5, 0.6) is 0 Å². The molecule has 1 heterocycles. The standard InChI is InChI=1S/C12H23F2N3O2.HI/c1-2-15-12(17-8-11(13)14)16-5-3-6-19-10-4-7-18-9-10;/h10-11H,2-9H2,1H3,(H2,15,16,17);1H. The minimum Gasteiger partial charge on any atom is -0.379 e. The van der Waals surface area contributed by atoms with E-state index in [4.69, 9.17) is 9.47 Å². The van der Waals surface area contributed by atoms with E-state index in [9.17, 15) is 8.78 Å². The molecule has 1 aliphatic heterocycles. The molecule has 0 aromatic rings. The van der Waals surface area contributed by atoms with Crippen molar-refractivity contribution >= 4 is 29.9 Å². The number of ether oxygens (including phenoxy) is 2. The highest BCUT2D eigenvalue weighted by Gasteiger charge is 2.15. The van der Waals surface area contributed by atoms with Gasteiger partial charge in [-0.3, -0.25) is 0 Å². The van der Waals surface area contributed by atoms with Gasteiger partial charge in [-0.05, 0) is 19.8 Å². The number of aliphatic imine (C=N–C) groups is 1. The molecule has 0 saturated carbocycles. The molecule has 1 rings (SSSR count). The molecule has 1 aliphatic rings. The van der Waals surface area contributed by atoms with Crippen molar-refractivity contribution in [1.29, 1.82) is 0 Å². The lowest BCUT2D eigenvalue weighted by molar-refractivity contribution is 0.0420. The van der Waals surface area contributed by atoms with Gasteiger partial charge in [0.05, 0.1) is 12.7 Å². The fourth-order valence-corrected chi connectivity index (χ4v) is 1.68. The van der Waals surface area contributed by atoms with Gasteiger partial charge in [0, 0.05) is 26.3 Å². The fraction of sp³-hybridized carbons (Fsp3) is 0.917. The number of hydrogen-bond acceptors (Lipinski definition) is 3. The quantitative estimate of drug-likeness (QED) is 0.278. The van der Waals surface area contributed by atoms with Gasteiger partial charge in [0.15, 0.2) is 5.96 Å². The van der Waals surface area contributed by atoms with Crippen LogP contribution in [0.1, 0.15) is 19.8 Å². The second-order valence-electron chi connectivity index (χ2n) is 4.25. The summed E-state index contributed by atoms with van der Waals surface area (Å²) in [5, 5.41) is 5.91. The van der Waals surface area contributed by atoms with Crippen LogP contribution < -0.4 is 10.6 Å². The molecule has 5 nitrogen and oxygen atoms in total. The zero-order chi connectivity index (χ0) is 13.9. The molecule has 0 radical (unpaired) electrons. The van der Waals surface area contributed by atoms with Gasteiger partial charge < -0.3 is 20.1 Å². The smallest absolute Gasteiger partial charge is 0.257 e. The van der Waals surface area contributed by atoms with Crippen LogP contribution in [0.25, 0.3) is 0 Å². The van der Waals surface area contributed by atoms with Gasteiger partial charge in [-0.2, -0.15) is 0 Å². The van der Waals surface area contributed by atoms with E-state index in [1.165, 1.54) is 0 Å². The summed E-state index contributed by atoms with van der Waals surface area (Å²) in [6.45, 7) is 4.77.